The van der Waals surface area contributed by atoms with Crippen molar-refractivity contribution in [2.75, 3.05) is 0 Å². The first kappa shape index (κ1) is 17.7. The van der Waals surface area contributed by atoms with Crippen LogP contribution in [0.3, 0.4) is 0 Å². The molecule has 6 heteroatoms. The minimum Gasteiger partial charge on any atom is -0.459 e. The fraction of sp³-hybridized carbons (Fsp3) is 0.579. The standard InChI is InChI=1S/C19H25NO5/c1-19(2,3)25-18(23)20-13-9-14(15(21)10-13)16(20)17(22)24-11-12-7-5-4-6-8-12/h4-8,13-16,21H,9-11H2,1-3H3/t13?,14-,15-,16+/m1/s1. The molecule has 25 heavy (non-hydrogen) atoms. The first-order valence-corrected chi connectivity index (χ1v) is 8.66. The van der Waals surface area contributed by atoms with E-state index in [0.717, 1.165) is 5.56 Å². The molecule has 1 aromatic rings. The molecule has 1 heterocycles. The molecule has 136 valence electrons. The summed E-state index contributed by atoms with van der Waals surface area (Å²) in [6.45, 7) is 5.51. The maximum absolute atomic E-state index is 12.7. The van der Waals surface area contributed by atoms with Crippen molar-refractivity contribution in [3.8, 4) is 0 Å². The molecular weight excluding hydrogens is 322 g/mol. The van der Waals surface area contributed by atoms with Crippen molar-refractivity contribution in [2.24, 2.45) is 5.92 Å². The molecule has 1 aromatic carbocycles. The van der Waals surface area contributed by atoms with E-state index in [1.54, 1.807) is 20.8 Å². The molecule has 0 radical (unpaired) electrons. The molecule has 6 nitrogen and oxygen atoms in total. The molecule has 1 saturated heterocycles. The van der Waals surface area contributed by atoms with Crippen LogP contribution >= 0.6 is 0 Å². The summed E-state index contributed by atoms with van der Waals surface area (Å²) < 4.78 is 10.9. The lowest BCUT2D eigenvalue weighted by Gasteiger charge is -2.36. The highest BCUT2D eigenvalue weighted by atomic mass is 16.6. The smallest absolute Gasteiger partial charge is 0.411 e. The number of nitrogens with zero attached hydrogens (tertiary/aromatic N) is 1. The third-order valence-electron chi connectivity index (χ3n) is 4.72. The van der Waals surface area contributed by atoms with Gasteiger partial charge >= 0.3 is 12.1 Å². The molecule has 1 unspecified atom stereocenters. The summed E-state index contributed by atoms with van der Waals surface area (Å²) in [6, 6.07) is 8.41. The summed E-state index contributed by atoms with van der Waals surface area (Å²) >= 11 is 0. The first-order chi connectivity index (χ1) is 11.8. The van der Waals surface area contributed by atoms with Crippen LogP contribution in [0.4, 0.5) is 4.79 Å². The molecule has 0 spiro atoms. The predicted octanol–water partition coefficient (Wildman–Crippen LogP) is 2.49. The zero-order valence-corrected chi connectivity index (χ0v) is 14.8. The number of rotatable bonds is 3. The highest BCUT2D eigenvalue weighted by Gasteiger charge is 2.57. The van der Waals surface area contributed by atoms with Gasteiger partial charge in [-0.1, -0.05) is 30.3 Å². The maximum atomic E-state index is 12.7. The van der Waals surface area contributed by atoms with Gasteiger partial charge in [-0.05, 0) is 39.2 Å². The Labute approximate surface area is 147 Å². The molecule has 1 aliphatic heterocycles. The lowest BCUT2D eigenvalue weighted by Crippen LogP contribution is -2.54. The van der Waals surface area contributed by atoms with Crippen LogP contribution in [0.2, 0.25) is 0 Å². The Morgan fingerprint density at radius 3 is 2.52 bits per heavy atom. The van der Waals surface area contributed by atoms with Gasteiger partial charge in [-0.15, -0.1) is 0 Å². The van der Waals surface area contributed by atoms with Gasteiger partial charge in [-0.3, -0.25) is 4.90 Å². The Hall–Kier alpha value is -2.08. The van der Waals surface area contributed by atoms with Crippen LogP contribution in [0, 0.1) is 5.92 Å². The Bertz CT molecular complexity index is 639. The summed E-state index contributed by atoms with van der Waals surface area (Å²) in [4.78, 5) is 26.7. The number of piperidine rings is 1. The second kappa shape index (κ2) is 6.67. The molecule has 1 amide bonds. The van der Waals surface area contributed by atoms with Crippen LogP contribution in [0.15, 0.2) is 30.3 Å². The molecule has 2 bridgehead atoms. The van der Waals surface area contributed by atoms with Gasteiger partial charge in [-0.25, -0.2) is 9.59 Å². The van der Waals surface area contributed by atoms with E-state index in [2.05, 4.69) is 0 Å². The number of benzene rings is 1. The van der Waals surface area contributed by atoms with E-state index in [-0.39, 0.29) is 18.6 Å². The number of hydrogen-bond acceptors (Lipinski definition) is 5. The molecule has 1 saturated carbocycles. The fourth-order valence-electron chi connectivity index (χ4n) is 3.70. The first-order valence-electron chi connectivity index (χ1n) is 8.66. The molecule has 1 N–H and O–H groups in total. The second-order valence-electron chi connectivity index (χ2n) is 7.78. The van der Waals surface area contributed by atoms with Crippen molar-refractivity contribution in [1.29, 1.82) is 0 Å². The van der Waals surface area contributed by atoms with Crippen molar-refractivity contribution in [3.63, 3.8) is 0 Å². The van der Waals surface area contributed by atoms with Gasteiger partial charge < -0.3 is 14.6 Å². The second-order valence-corrected chi connectivity index (χ2v) is 7.78. The van der Waals surface area contributed by atoms with E-state index in [1.807, 2.05) is 30.3 Å². The van der Waals surface area contributed by atoms with Gasteiger partial charge in [0.2, 0.25) is 0 Å². The number of hydrogen-bond donors (Lipinski definition) is 1. The number of fused-ring (bicyclic) bond motifs is 2. The number of likely N-dealkylation sites (tertiary alicyclic amines) is 1. The zero-order chi connectivity index (χ0) is 18.2. The lowest BCUT2D eigenvalue weighted by molar-refractivity contribution is -0.155. The third kappa shape index (κ3) is 3.79. The van der Waals surface area contributed by atoms with Gasteiger partial charge in [0.05, 0.1) is 6.10 Å². The number of aliphatic hydroxyl groups excluding tert-OH is 1. The van der Waals surface area contributed by atoms with E-state index in [4.69, 9.17) is 9.47 Å². The minimum atomic E-state index is -0.785. The minimum absolute atomic E-state index is 0.145. The van der Waals surface area contributed by atoms with Crippen LogP contribution in [0.25, 0.3) is 0 Å². The van der Waals surface area contributed by atoms with Crippen LogP contribution in [-0.2, 0) is 20.9 Å². The number of ether oxygens (including phenoxy) is 2. The van der Waals surface area contributed by atoms with Gasteiger partial charge in [-0.2, -0.15) is 0 Å². The van der Waals surface area contributed by atoms with Crippen LogP contribution in [-0.4, -0.2) is 45.9 Å². The zero-order valence-electron chi connectivity index (χ0n) is 14.8. The number of carbonyl (C=O) groups is 2. The predicted molar refractivity (Wildman–Crippen MR) is 90.6 cm³/mol. The monoisotopic (exact) mass is 347 g/mol. The Kier molecular flexibility index (Phi) is 4.73. The summed E-state index contributed by atoms with van der Waals surface area (Å²) in [7, 11) is 0. The van der Waals surface area contributed by atoms with E-state index in [0.29, 0.717) is 12.8 Å². The molecule has 2 fully saturated rings. The Morgan fingerprint density at radius 1 is 1.20 bits per heavy atom. The molecule has 4 atom stereocenters. The van der Waals surface area contributed by atoms with Gasteiger partial charge in [0.25, 0.3) is 0 Å². The van der Waals surface area contributed by atoms with E-state index in [1.165, 1.54) is 4.90 Å². The van der Waals surface area contributed by atoms with E-state index < -0.39 is 29.8 Å². The topological polar surface area (TPSA) is 76.1 Å². The van der Waals surface area contributed by atoms with Crippen molar-refractivity contribution < 1.29 is 24.2 Å². The normalized spacial score (nSPS) is 28.1. The number of amides is 1. The summed E-state index contributed by atoms with van der Waals surface area (Å²) in [6.07, 6.45) is -0.0238. The Balaban J connectivity index is 1.72. The number of aliphatic hydroxyl groups is 1. The molecule has 2 aliphatic rings. The van der Waals surface area contributed by atoms with Gasteiger partial charge in [0, 0.05) is 12.0 Å². The Morgan fingerprint density at radius 2 is 1.88 bits per heavy atom. The van der Waals surface area contributed by atoms with E-state index in [9.17, 15) is 14.7 Å². The molecular formula is C19H25NO5. The van der Waals surface area contributed by atoms with Crippen molar-refractivity contribution in [3.05, 3.63) is 35.9 Å². The highest BCUT2D eigenvalue weighted by molar-refractivity contribution is 5.83. The quantitative estimate of drug-likeness (QED) is 0.850. The summed E-state index contributed by atoms with van der Waals surface area (Å²) in [5.74, 6) is -0.776. The van der Waals surface area contributed by atoms with Crippen molar-refractivity contribution in [1.82, 2.24) is 4.90 Å². The lowest BCUT2D eigenvalue weighted by atomic mass is 9.96. The fourth-order valence-corrected chi connectivity index (χ4v) is 3.70. The number of esters is 1. The maximum Gasteiger partial charge on any atom is 0.411 e. The van der Waals surface area contributed by atoms with Crippen LogP contribution in [0.1, 0.15) is 39.2 Å². The summed E-state index contributed by atoms with van der Waals surface area (Å²) in [5.41, 5.74) is 0.235. The van der Waals surface area contributed by atoms with Gasteiger partial charge in [0.1, 0.15) is 18.2 Å². The average Bonchev–Trinajstić information content (AvgIpc) is 3.08. The van der Waals surface area contributed by atoms with Crippen molar-refractivity contribution >= 4 is 12.1 Å². The number of carbonyl (C=O) groups excluding carboxylic acids is 2. The van der Waals surface area contributed by atoms with Gasteiger partial charge in [0.15, 0.2) is 0 Å². The third-order valence-corrected chi connectivity index (χ3v) is 4.72. The highest BCUT2D eigenvalue weighted by Crippen LogP contribution is 2.43. The van der Waals surface area contributed by atoms with Crippen molar-refractivity contribution in [2.45, 2.75) is 64.0 Å². The molecule has 3 rings (SSSR count). The van der Waals surface area contributed by atoms with E-state index >= 15 is 0 Å². The largest absolute Gasteiger partial charge is 0.459 e. The van der Waals surface area contributed by atoms with Crippen LogP contribution in [0.5, 0.6) is 0 Å². The SMILES string of the molecule is CC(C)(C)OC(=O)N1C2C[C@H]([C@H](O)C2)[C@H]1C(=O)OCc1ccccc1. The van der Waals surface area contributed by atoms with Crippen LogP contribution < -0.4 is 0 Å². The summed E-state index contributed by atoms with van der Waals surface area (Å²) in [5, 5.41) is 10.2. The molecule has 1 aliphatic carbocycles. The average molecular weight is 347 g/mol. The molecule has 0 aromatic heterocycles.